The second-order valence-corrected chi connectivity index (χ2v) is 7.64. The highest BCUT2D eigenvalue weighted by atomic mass is 16.3. The van der Waals surface area contributed by atoms with Crippen molar-refractivity contribution in [3.8, 4) is 11.8 Å². The van der Waals surface area contributed by atoms with Crippen LogP contribution in [0.25, 0.3) is 10.9 Å². The molecule has 5 nitrogen and oxygen atoms in total. The number of hydrogen-bond donors (Lipinski definition) is 2. The van der Waals surface area contributed by atoms with Crippen molar-refractivity contribution in [2.45, 2.75) is 18.9 Å². The van der Waals surface area contributed by atoms with Gasteiger partial charge in [0.05, 0.1) is 22.9 Å². The number of nitrogens with one attached hydrogen (secondary N) is 1. The topological polar surface area (TPSA) is 80.1 Å². The number of para-hydroxylation sites is 2. The molecular weight excluding hydrogens is 362 g/mol. The van der Waals surface area contributed by atoms with E-state index in [1.165, 1.54) is 17.0 Å². The number of aromatic amines is 1. The van der Waals surface area contributed by atoms with Crippen LogP contribution < -0.4 is 0 Å². The summed E-state index contributed by atoms with van der Waals surface area (Å²) >= 11 is 0. The van der Waals surface area contributed by atoms with Crippen LogP contribution in [0.2, 0.25) is 0 Å². The molecule has 0 saturated carbocycles. The second kappa shape index (κ2) is 6.11. The van der Waals surface area contributed by atoms with Crippen LogP contribution in [0.4, 0.5) is 0 Å². The average Bonchev–Trinajstić information content (AvgIpc) is 3.13. The van der Waals surface area contributed by atoms with Crippen molar-refractivity contribution >= 4 is 16.7 Å². The molecule has 0 amide bonds. The van der Waals surface area contributed by atoms with E-state index in [0.29, 0.717) is 17.7 Å². The molecule has 0 aliphatic carbocycles. The largest absolute Gasteiger partial charge is 0.507 e. The standard InChI is InChI=1S/C24H19N3O2/c1-24-16(13-25)12-15(22(29)19-7-3-5-9-21(19)28)14-27(24)11-10-18-17-6-2-4-8-20(17)26-23(18)24/h2-9,12,14,26,28H,10-11H2,1H3. The van der Waals surface area contributed by atoms with Gasteiger partial charge in [-0.3, -0.25) is 4.79 Å². The lowest BCUT2D eigenvalue weighted by molar-refractivity contribution is 0.102. The number of hydrogen-bond acceptors (Lipinski definition) is 4. The molecule has 142 valence electrons. The predicted molar refractivity (Wildman–Crippen MR) is 110 cm³/mol. The Bertz CT molecular complexity index is 1270. The minimum atomic E-state index is -0.663. The van der Waals surface area contributed by atoms with Crippen LogP contribution in [-0.4, -0.2) is 27.3 Å². The number of allylic oxidation sites excluding steroid dienone is 2. The smallest absolute Gasteiger partial charge is 0.198 e. The Morgan fingerprint density at radius 2 is 1.97 bits per heavy atom. The zero-order valence-corrected chi connectivity index (χ0v) is 15.9. The molecule has 0 saturated heterocycles. The van der Waals surface area contributed by atoms with Crippen LogP contribution in [0.3, 0.4) is 0 Å². The fourth-order valence-corrected chi connectivity index (χ4v) is 4.55. The van der Waals surface area contributed by atoms with Crippen molar-refractivity contribution < 1.29 is 9.90 Å². The van der Waals surface area contributed by atoms with Crippen molar-refractivity contribution in [3.05, 3.63) is 88.8 Å². The summed E-state index contributed by atoms with van der Waals surface area (Å²) < 4.78 is 0. The number of fused-ring (bicyclic) bond motifs is 5. The van der Waals surface area contributed by atoms with Gasteiger partial charge in [0.1, 0.15) is 11.3 Å². The number of phenols is 1. The summed E-state index contributed by atoms with van der Waals surface area (Å²) in [7, 11) is 0. The molecule has 0 bridgehead atoms. The first kappa shape index (κ1) is 17.3. The maximum Gasteiger partial charge on any atom is 0.198 e. The SMILES string of the molecule is CC12C(C#N)=CC(C(=O)c3ccccc3O)=CN1CCc1c2[nH]c2ccccc12. The summed E-state index contributed by atoms with van der Waals surface area (Å²) in [6.07, 6.45) is 4.30. The van der Waals surface area contributed by atoms with Gasteiger partial charge in [0.15, 0.2) is 5.78 Å². The van der Waals surface area contributed by atoms with Gasteiger partial charge in [-0.05, 0) is 43.2 Å². The number of benzene rings is 2. The molecule has 1 aromatic heterocycles. The van der Waals surface area contributed by atoms with E-state index in [2.05, 4.69) is 22.0 Å². The Balaban J connectivity index is 1.65. The molecule has 3 heterocycles. The molecule has 2 N–H and O–H groups in total. The van der Waals surface area contributed by atoms with Crippen molar-refractivity contribution in [2.75, 3.05) is 6.54 Å². The second-order valence-electron chi connectivity index (χ2n) is 7.64. The summed E-state index contributed by atoms with van der Waals surface area (Å²) in [5.74, 6) is -0.351. The van der Waals surface area contributed by atoms with E-state index >= 15 is 0 Å². The quantitative estimate of drug-likeness (QED) is 0.653. The van der Waals surface area contributed by atoms with E-state index < -0.39 is 5.54 Å². The zero-order chi connectivity index (χ0) is 20.2. The molecule has 0 fully saturated rings. The van der Waals surface area contributed by atoms with Crippen LogP contribution >= 0.6 is 0 Å². The maximum atomic E-state index is 13.0. The normalized spacial score (nSPS) is 20.3. The Labute approximate surface area is 168 Å². The Morgan fingerprint density at radius 3 is 2.76 bits per heavy atom. The number of rotatable bonds is 2. The maximum absolute atomic E-state index is 13.0. The number of nitrogens with zero attached hydrogens (tertiary/aromatic N) is 2. The van der Waals surface area contributed by atoms with Gasteiger partial charge in [-0.25, -0.2) is 0 Å². The molecule has 2 aromatic carbocycles. The number of phenolic OH excluding ortho intramolecular Hbond substituents is 1. The van der Waals surface area contributed by atoms with Gasteiger partial charge in [0, 0.05) is 29.2 Å². The third-order valence-electron chi connectivity index (χ3n) is 6.13. The van der Waals surface area contributed by atoms with Crippen LogP contribution in [0.5, 0.6) is 5.75 Å². The van der Waals surface area contributed by atoms with Gasteiger partial charge in [0.2, 0.25) is 0 Å². The van der Waals surface area contributed by atoms with Gasteiger partial charge < -0.3 is 15.0 Å². The molecule has 2 aliphatic heterocycles. The molecule has 29 heavy (non-hydrogen) atoms. The van der Waals surface area contributed by atoms with Gasteiger partial charge in [0.25, 0.3) is 0 Å². The summed E-state index contributed by atoms with van der Waals surface area (Å²) in [5.41, 5.74) is 3.76. The zero-order valence-electron chi connectivity index (χ0n) is 15.9. The van der Waals surface area contributed by atoms with E-state index in [9.17, 15) is 15.2 Å². The molecule has 5 rings (SSSR count). The highest BCUT2D eigenvalue weighted by molar-refractivity contribution is 6.12. The van der Waals surface area contributed by atoms with Crippen molar-refractivity contribution in [2.24, 2.45) is 0 Å². The van der Waals surface area contributed by atoms with Crippen LogP contribution in [-0.2, 0) is 12.0 Å². The van der Waals surface area contributed by atoms with E-state index in [0.717, 1.165) is 17.6 Å². The monoisotopic (exact) mass is 381 g/mol. The molecular formula is C24H19N3O2. The molecule has 0 spiro atoms. The van der Waals surface area contributed by atoms with E-state index in [1.54, 1.807) is 24.3 Å². The average molecular weight is 381 g/mol. The minimum absolute atomic E-state index is 0.0600. The molecule has 3 aromatic rings. The van der Waals surface area contributed by atoms with E-state index in [1.807, 2.05) is 31.3 Å². The van der Waals surface area contributed by atoms with Gasteiger partial charge in [-0.2, -0.15) is 5.26 Å². The third kappa shape index (κ3) is 2.36. The Kier molecular flexibility index (Phi) is 3.65. The molecule has 5 heteroatoms. The van der Waals surface area contributed by atoms with Gasteiger partial charge >= 0.3 is 0 Å². The number of ketones is 1. The van der Waals surface area contributed by atoms with Crippen LogP contribution in [0, 0.1) is 11.3 Å². The molecule has 1 atom stereocenters. The fraction of sp³-hybridized carbons (Fsp3) is 0.167. The summed E-state index contributed by atoms with van der Waals surface area (Å²) in [4.78, 5) is 18.6. The summed E-state index contributed by atoms with van der Waals surface area (Å²) in [5, 5.41) is 21.2. The fourth-order valence-electron chi connectivity index (χ4n) is 4.55. The first-order valence-electron chi connectivity index (χ1n) is 9.57. The van der Waals surface area contributed by atoms with Crippen molar-refractivity contribution in [3.63, 3.8) is 0 Å². The number of Topliss-reactive ketones (excluding diaryl/α,β-unsaturated/α-hetero) is 1. The minimum Gasteiger partial charge on any atom is -0.507 e. The first-order chi connectivity index (χ1) is 14.0. The van der Waals surface area contributed by atoms with Crippen LogP contribution in [0.1, 0.15) is 28.5 Å². The molecule has 2 aliphatic rings. The summed E-state index contributed by atoms with van der Waals surface area (Å²) in [6, 6.07) is 17.0. The number of aromatic nitrogens is 1. The number of carbonyl (C=O) groups is 1. The lowest BCUT2D eigenvalue weighted by Gasteiger charge is -2.46. The number of H-pyrrole nitrogens is 1. The summed E-state index contributed by atoms with van der Waals surface area (Å²) in [6.45, 7) is 2.72. The van der Waals surface area contributed by atoms with E-state index in [-0.39, 0.29) is 17.1 Å². The van der Waals surface area contributed by atoms with Crippen molar-refractivity contribution in [1.82, 2.24) is 9.88 Å². The predicted octanol–water partition coefficient (Wildman–Crippen LogP) is 4.18. The third-order valence-corrected chi connectivity index (χ3v) is 6.13. The highest BCUT2D eigenvalue weighted by Gasteiger charge is 2.45. The molecule has 1 unspecified atom stereocenters. The van der Waals surface area contributed by atoms with E-state index in [4.69, 9.17) is 0 Å². The number of aromatic hydroxyl groups is 1. The first-order valence-corrected chi connectivity index (χ1v) is 9.57. The number of nitriles is 1. The Hall–Kier alpha value is -3.78. The Morgan fingerprint density at radius 1 is 1.21 bits per heavy atom. The van der Waals surface area contributed by atoms with Crippen molar-refractivity contribution in [1.29, 1.82) is 5.26 Å². The lowest BCUT2D eigenvalue weighted by atomic mass is 9.78. The highest BCUT2D eigenvalue weighted by Crippen LogP contribution is 2.46. The molecule has 0 radical (unpaired) electrons. The van der Waals surface area contributed by atoms with Gasteiger partial charge in [-0.1, -0.05) is 30.3 Å². The van der Waals surface area contributed by atoms with Gasteiger partial charge in [-0.15, -0.1) is 0 Å². The lowest BCUT2D eigenvalue weighted by Crippen LogP contribution is -2.48. The van der Waals surface area contributed by atoms with Crippen LogP contribution in [0.15, 0.2) is 72.0 Å². The number of carbonyl (C=O) groups excluding carboxylic acids is 1.